The number of methoxy groups -OCH3 is 1. The molecule has 3 nitrogen and oxygen atoms in total. The zero-order valence-electron chi connectivity index (χ0n) is 11.9. The first-order valence-corrected chi connectivity index (χ1v) is 6.69. The van der Waals surface area contributed by atoms with Gasteiger partial charge in [-0.25, -0.2) is 0 Å². The van der Waals surface area contributed by atoms with Crippen molar-refractivity contribution in [3.63, 3.8) is 0 Å². The molecule has 0 bridgehead atoms. The Bertz CT molecular complexity index is 579. The van der Waals surface area contributed by atoms with Crippen molar-refractivity contribution in [2.24, 2.45) is 5.16 Å². The minimum absolute atomic E-state index is 0.480. The maximum atomic E-state index is 5.33. The molecule has 3 heteroatoms. The first-order chi connectivity index (χ1) is 9.81. The van der Waals surface area contributed by atoms with Gasteiger partial charge in [0.25, 0.3) is 0 Å². The Morgan fingerprint density at radius 2 is 1.85 bits per heavy atom. The van der Waals surface area contributed by atoms with E-state index in [1.54, 1.807) is 13.3 Å². The summed E-state index contributed by atoms with van der Waals surface area (Å²) in [7, 11) is 1.65. The monoisotopic (exact) mass is 269 g/mol. The van der Waals surface area contributed by atoms with Gasteiger partial charge in [0.2, 0.25) is 0 Å². The number of nitrogens with zero attached hydrogens (tertiary/aromatic N) is 1. The van der Waals surface area contributed by atoms with Gasteiger partial charge in [0.1, 0.15) is 12.4 Å². The molecular weight excluding hydrogens is 250 g/mol. The molecule has 0 atom stereocenters. The van der Waals surface area contributed by atoms with Gasteiger partial charge in [0, 0.05) is 0 Å². The van der Waals surface area contributed by atoms with Crippen LogP contribution in [0.5, 0.6) is 5.75 Å². The van der Waals surface area contributed by atoms with Gasteiger partial charge < -0.3 is 9.57 Å². The fraction of sp³-hybridized carbons (Fsp3) is 0.235. The summed E-state index contributed by atoms with van der Waals surface area (Å²) >= 11 is 0. The van der Waals surface area contributed by atoms with Crippen molar-refractivity contribution >= 4 is 6.21 Å². The fourth-order valence-corrected chi connectivity index (χ4v) is 1.87. The summed E-state index contributed by atoms with van der Waals surface area (Å²) in [6.45, 7) is 2.62. The van der Waals surface area contributed by atoms with Crippen molar-refractivity contribution in [3.05, 3.63) is 65.2 Å². The molecule has 0 N–H and O–H groups in total. The Morgan fingerprint density at radius 3 is 2.65 bits per heavy atom. The Hall–Kier alpha value is -2.29. The molecule has 104 valence electrons. The van der Waals surface area contributed by atoms with Crippen molar-refractivity contribution in [2.45, 2.75) is 20.0 Å². The Labute approximate surface area is 119 Å². The fourth-order valence-electron chi connectivity index (χ4n) is 1.87. The van der Waals surface area contributed by atoms with Crippen LogP contribution >= 0.6 is 0 Å². The van der Waals surface area contributed by atoms with Crippen LogP contribution < -0.4 is 4.74 Å². The zero-order valence-corrected chi connectivity index (χ0v) is 11.9. The third kappa shape index (κ3) is 4.12. The quantitative estimate of drug-likeness (QED) is 0.590. The van der Waals surface area contributed by atoms with Gasteiger partial charge in [-0.05, 0) is 35.2 Å². The van der Waals surface area contributed by atoms with Crippen molar-refractivity contribution in [1.29, 1.82) is 0 Å². The van der Waals surface area contributed by atoms with Crippen molar-refractivity contribution in [2.75, 3.05) is 7.11 Å². The summed E-state index contributed by atoms with van der Waals surface area (Å²) in [6, 6.07) is 16.0. The maximum absolute atomic E-state index is 5.33. The zero-order chi connectivity index (χ0) is 14.2. The summed E-state index contributed by atoms with van der Waals surface area (Å²) < 4.78 is 5.15. The number of ether oxygens (including phenoxy) is 1. The molecule has 2 rings (SSSR count). The summed E-state index contributed by atoms with van der Waals surface area (Å²) in [4.78, 5) is 5.33. The van der Waals surface area contributed by atoms with Crippen LogP contribution in [0.15, 0.2) is 53.7 Å². The Morgan fingerprint density at radius 1 is 1.05 bits per heavy atom. The van der Waals surface area contributed by atoms with Crippen molar-refractivity contribution in [1.82, 2.24) is 0 Å². The highest BCUT2D eigenvalue weighted by Gasteiger charge is 1.95. The predicted octanol–water partition coefficient (Wildman–Crippen LogP) is 3.81. The van der Waals surface area contributed by atoms with Gasteiger partial charge in [0.05, 0.1) is 13.3 Å². The standard InChI is InChI=1S/C17H19NO2/c1-3-14-6-4-8-16(10-14)13-20-18-12-15-7-5-9-17(11-15)19-2/h4-12H,3,13H2,1-2H3. The van der Waals surface area contributed by atoms with Crippen LogP contribution in [0, 0.1) is 0 Å². The molecule has 0 aliphatic carbocycles. The smallest absolute Gasteiger partial charge is 0.142 e. The van der Waals surface area contributed by atoms with Crippen LogP contribution in [-0.2, 0) is 17.9 Å². The second-order valence-corrected chi connectivity index (χ2v) is 4.46. The third-order valence-electron chi connectivity index (χ3n) is 3.00. The number of benzene rings is 2. The third-order valence-corrected chi connectivity index (χ3v) is 3.00. The summed E-state index contributed by atoms with van der Waals surface area (Å²) in [5.41, 5.74) is 3.39. The molecule has 0 saturated heterocycles. The highest BCUT2D eigenvalue weighted by atomic mass is 16.6. The molecule has 0 aliphatic rings. The maximum Gasteiger partial charge on any atom is 0.142 e. The normalized spacial score (nSPS) is 10.7. The molecule has 2 aromatic carbocycles. The number of hydrogen-bond donors (Lipinski definition) is 0. The minimum atomic E-state index is 0.480. The topological polar surface area (TPSA) is 30.8 Å². The van der Waals surface area contributed by atoms with Gasteiger partial charge in [-0.1, -0.05) is 48.5 Å². The molecular formula is C17H19NO2. The molecule has 0 heterocycles. The molecule has 0 spiro atoms. The number of oxime groups is 1. The van der Waals surface area contributed by atoms with E-state index in [0.717, 1.165) is 23.3 Å². The molecule has 0 unspecified atom stereocenters. The molecule has 0 fully saturated rings. The van der Waals surface area contributed by atoms with Crippen LogP contribution in [0.2, 0.25) is 0 Å². The molecule has 0 amide bonds. The highest BCUT2D eigenvalue weighted by molar-refractivity contribution is 5.79. The predicted molar refractivity (Wildman–Crippen MR) is 81.2 cm³/mol. The summed E-state index contributed by atoms with van der Waals surface area (Å²) in [6.07, 6.45) is 2.72. The lowest BCUT2D eigenvalue weighted by Crippen LogP contribution is -1.90. The number of hydrogen-bond acceptors (Lipinski definition) is 3. The largest absolute Gasteiger partial charge is 0.497 e. The Kier molecular flexibility index (Phi) is 5.18. The van der Waals surface area contributed by atoms with E-state index in [1.165, 1.54) is 5.56 Å². The van der Waals surface area contributed by atoms with E-state index in [2.05, 4.69) is 24.2 Å². The van der Waals surface area contributed by atoms with Gasteiger partial charge in [-0.15, -0.1) is 0 Å². The highest BCUT2D eigenvalue weighted by Crippen LogP contribution is 2.11. The van der Waals surface area contributed by atoms with Crippen molar-refractivity contribution < 1.29 is 9.57 Å². The van der Waals surface area contributed by atoms with Crippen LogP contribution in [0.3, 0.4) is 0 Å². The van der Waals surface area contributed by atoms with Gasteiger partial charge in [-0.3, -0.25) is 0 Å². The molecule has 0 radical (unpaired) electrons. The van der Waals surface area contributed by atoms with Gasteiger partial charge in [0.15, 0.2) is 0 Å². The molecule has 0 aromatic heterocycles. The lowest BCUT2D eigenvalue weighted by atomic mass is 10.1. The van der Waals surface area contributed by atoms with Crippen molar-refractivity contribution in [3.8, 4) is 5.75 Å². The lowest BCUT2D eigenvalue weighted by Gasteiger charge is -2.03. The van der Waals surface area contributed by atoms with Gasteiger partial charge in [-0.2, -0.15) is 0 Å². The molecule has 20 heavy (non-hydrogen) atoms. The number of rotatable bonds is 6. The molecule has 0 aliphatic heterocycles. The number of aryl methyl sites for hydroxylation is 1. The van der Waals surface area contributed by atoms with E-state index < -0.39 is 0 Å². The van der Waals surface area contributed by atoms with Crippen LogP contribution in [-0.4, -0.2) is 13.3 Å². The Balaban J connectivity index is 1.89. The second-order valence-electron chi connectivity index (χ2n) is 4.46. The summed E-state index contributed by atoms with van der Waals surface area (Å²) in [5.74, 6) is 0.810. The minimum Gasteiger partial charge on any atom is -0.497 e. The average molecular weight is 269 g/mol. The van der Waals surface area contributed by atoms with E-state index in [1.807, 2.05) is 36.4 Å². The van der Waals surface area contributed by atoms with Crippen LogP contribution in [0.4, 0.5) is 0 Å². The summed E-state index contributed by atoms with van der Waals surface area (Å²) in [5, 5.41) is 3.99. The van der Waals surface area contributed by atoms with E-state index in [0.29, 0.717) is 6.61 Å². The second kappa shape index (κ2) is 7.34. The van der Waals surface area contributed by atoms with E-state index >= 15 is 0 Å². The molecule has 2 aromatic rings. The van der Waals surface area contributed by atoms with E-state index in [-0.39, 0.29) is 0 Å². The average Bonchev–Trinajstić information content (AvgIpc) is 2.52. The SMILES string of the molecule is CCc1cccc(CON=Cc2cccc(OC)c2)c1. The first-order valence-electron chi connectivity index (χ1n) is 6.69. The first kappa shape index (κ1) is 14.1. The molecule has 0 saturated carbocycles. The van der Waals surface area contributed by atoms with Crippen LogP contribution in [0.25, 0.3) is 0 Å². The van der Waals surface area contributed by atoms with E-state index in [9.17, 15) is 0 Å². The van der Waals surface area contributed by atoms with Crippen LogP contribution in [0.1, 0.15) is 23.6 Å². The van der Waals surface area contributed by atoms with E-state index in [4.69, 9.17) is 9.57 Å². The van der Waals surface area contributed by atoms with Gasteiger partial charge >= 0.3 is 0 Å². The lowest BCUT2D eigenvalue weighted by molar-refractivity contribution is 0.132.